The van der Waals surface area contributed by atoms with Gasteiger partial charge in [0.05, 0.1) is 17.1 Å². The summed E-state index contributed by atoms with van der Waals surface area (Å²) in [6.07, 6.45) is 3.33. The maximum Gasteiger partial charge on any atom is 0.410 e. The van der Waals surface area contributed by atoms with Crippen LogP contribution in [0, 0.1) is 17.3 Å². The number of hydrogen-bond donors (Lipinski definition) is 3. The van der Waals surface area contributed by atoms with Gasteiger partial charge in [-0.1, -0.05) is 11.8 Å². The van der Waals surface area contributed by atoms with Crippen molar-refractivity contribution in [3.8, 4) is 11.8 Å². The highest BCUT2D eigenvalue weighted by atomic mass is 32.1. The second-order valence-corrected chi connectivity index (χ2v) is 13.1. The standard InChI is InChI=1S/C28H41N3O6S/c1-27(2,3)14-13-21-16-22(23(38-21)24(32)33)29-18-9-11-19(12-10-18)30-25(34)36-20-8-7-15-31(17-20)26(35)37-28(4,5)6/h16,18-20,29H,7-12,15,17H2,1-6H3,(H,30,34)(H,32,33)/t18?,19?,20-/m1/s1. The number of nitrogens with one attached hydrogen (secondary N) is 2. The SMILES string of the molecule is CC(C)(C)C#Cc1cc(NC2CCC(NC(=O)O[C@@H]3CCCN(C(=O)OC(C)(C)C)C3)CC2)c(C(=O)O)s1. The average molecular weight is 548 g/mol. The monoisotopic (exact) mass is 547 g/mol. The van der Waals surface area contributed by atoms with Gasteiger partial charge >= 0.3 is 18.2 Å². The van der Waals surface area contributed by atoms with E-state index in [-0.39, 0.29) is 34.6 Å². The van der Waals surface area contributed by atoms with E-state index in [0.29, 0.717) is 25.2 Å². The van der Waals surface area contributed by atoms with E-state index in [4.69, 9.17) is 9.47 Å². The Labute approximate surface area is 229 Å². The zero-order chi connectivity index (χ0) is 28.1. The number of carboxylic acids is 1. The molecule has 2 amide bonds. The molecular formula is C28H41N3O6S. The van der Waals surface area contributed by atoms with Gasteiger partial charge in [0.25, 0.3) is 0 Å². The Hall–Kier alpha value is -2.93. The summed E-state index contributed by atoms with van der Waals surface area (Å²) < 4.78 is 11.1. The first kappa shape index (κ1) is 29.6. The van der Waals surface area contributed by atoms with E-state index < -0.39 is 17.7 Å². The number of carboxylic acid groups (broad SMARTS) is 1. The van der Waals surface area contributed by atoms with Crippen molar-refractivity contribution in [1.29, 1.82) is 0 Å². The van der Waals surface area contributed by atoms with Gasteiger partial charge in [0, 0.05) is 24.0 Å². The maximum atomic E-state index is 12.6. The lowest BCUT2D eigenvalue weighted by atomic mass is 9.91. The van der Waals surface area contributed by atoms with Crippen molar-refractivity contribution >= 4 is 35.2 Å². The van der Waals surface area contributed by atoms with Gasteiger partial charge in [-0.15, -0.1) is 11.3 Å². The molecule has 3 N–H and O–H groups in total. The number of amides is 2. The first-order chi connectivity index (χ1) is 17.7. The highest BCUT2D eigenvalue weighted by molar-refractivity contribution is 7.15. The number of likely N-dealkylation sites (tertiary alicyclic amines) is 1. The summed E-state index contributed by atoms with van der Waals surface area (Å²) in [5.74, 6) is 5.28. The maximum absolute atomic E-state index is 12.6. The second-order valence-electron chi connectivity index (χ2n) is 12.1. The van der Waals surface area contributed by atoms with Gasteiger partial charge in [0.15, 0.2) is 0 Å². The molecule has 10 heteroatoms. The molecule has 1 aromatic heterocycles. The molecule has 210 valence electrons. The summed E-state index contributed by atoms with van der Waals surface area (Å²) in [5.41, 5.74) is -0.137. The van der Waals surface area contributed by atoms with Gasteiger partial charge in [-0.3, -0.25) is 0 Å². The summed E-state index contributed by atoms with van der Waals surface area (Å²) >= 11 is 1.19. The predicted molar refractivity (Wildman–Crippen MR) is 148 cm³/mol. The summed E-state index contributed by atoms with van der Waals surface area (Å²) in [5, 5.41) is 16.0. The number of nitrogens with zero attached hydrogens (tertiary/aromatic N) is 1. The fourth-order valence-electron chi connectivity index (χ4n) is 4.45. The molecule has 0 unspecified atom stereocenters. The topological polar surface area (TPSA) is 117 Å². The molecule has 0 aromatic carbocycles. The predicted octanol–water partition coefficient (Wildman–Crippen LogP) is 5.69. The molecule has 2 fully saturated rings. The average Bonchev–Trinajstić information content (AvgIpc) is 3.21. The fourth-order valence-corrected chi connectivity index (χ4v) is 5.26. The fraction of sp³-hybridized carbons (Fsp3) is 0.679. The number of piperidine rings is 1. The van der Waals surface area contributed by atoms with Gasteiger partial charge in [-0.05, 0) is 86.1 Å². The molecule has 1 aromatic rings. The van der Waals surface area contributed by atoms with E-state index in [1.807, 2.05) is 47.6 Å². The van der Waals surface area contributed by atoms with Gasteiger partial charge in [0.1, 0.15) is 16.6 Å². The summed E-state index contributed by atoms with van der Waals surface area (Å²) in [7, 11) is 0. The molecule has 1 saturated carbocycles. The minimum absolute atomic E-state index is 0.0132. The third-order valence-electron chi connectivity index (χ3n) is 6.20. The van der Waals surface area contributed by atoms with Crippen LogP contribution in [0.15, 0.2) is 6.07 Å². The van der Waals surface area contributed by atoms with Crippen LogP contribution in [0.2, 0.25) is 0 Å². The normalized spacial score (nSPS) is 22.1. The first-order valence-electron chi connectivity index (χ1n) is 13.3. The van der Waals surface area contributed by atoms with Crippen molar-refractivity contribution in [2.75, 3.05) is 18.4 Å². The molecule has 1 aliphatic carbocycles. The minimum Gasteiger partial charge on any atom is -0.477 e. The van der Waals surface area contributed by atoms with Gasteiger partial charge in [-0.25, -0.2) is 14.4 Å². The van der Waals surface area contributed by atoms with Crippen molar-refractivity contribution in [2.24, 2.45) is 5.41 Å². The summed E-state index contributed by atoms with van der Waals surface area (Å²) in [6, 6.07) is 1.92. The number of rotatable bonds is 5. The third kappa shape index (κ3) is 9.43. The molecule has 0 spiro atoms. The van der Waals surface area contributed by atoms with Crippen LogP contribution in [0.3, 0.4) is 0 Å². The number of anilines is 1. The minimum atomic E-state index is -0.965. The Bertz CT molecular complexity index is 1070. The number of ether oxygens (including phenoxy) is 2. The van der Waals surface area contributed by atoms with Gasteiger partial charge in [-0.2, -0.15) is 0 Å². The molecule has 2 heterocycles. The van der Waals surface area contributed by atoms with Crippen LogP contribution in [0.4, 0.5) is 15.3 Å². The van der Waals surface area contributed by atoms with Crippen LogP contribution < -0.4 is 10.6 Å². The molecule has 3 rings (SSSR count). The van der Waals surface area contributed by atoms with Crippen LogP contribution in [-0.4, -0.2) is 65.0 Å². The van der Waals surface area contributed by atoms with Crippen LogP contribution in [0.25, 0.3) is 0 Å². The number of thiophene rings is 1. The van der Waals surface area contributed by atoms with E-state index in [2.05, 4.69) is 22.5 Å². The molecule has 2 aliphatic rings. The number of aromatic carboxylic acids is 1. The molecule has 0 bridgehead atoms. The Morgan fingerprint density at radius 2 is 1.71 bits per heavy atom. The summed E-state index contributed by atoms with van der Waals surface area (Å²) in [4.78, 5) is 39.3. The lowest BCUT2D eigenvalue weighted by Crippen LogP contribution is -2.48. The number of carbonyl (C=O) groups excluding carboxylic acids is 2. The van der Waals surface area contributed by atoms with Crippen molar-refractivity contribution < 1.29 is 29.0 Å². The van der Waals surface area contributed by atoms with Crippen LogP contribution >= 0.6 is 11.3 Å². The van der Waals surface area contributed by atoms with Crippen molar-refractivity contribution in [2.45, 2.75) is 104 Å². The Morgan fingerprint density at radius 3 is 2.32 bits per heavy atom. The molecule has 1 saturated heterocycles. The molecule has 1 atom stereocenters. The number of hydrogen-bond acceptors (Lipinski definition) is 7. The van der Waals surface area contributed by atoms with E-state index >= 15 is 0 Å². The Morgan fingerprint density at radius 1 is 1.05 bits per heavy atom. The highest BCUT2D eigenvalue weighted by Gasteiger charge is 2.31. The largest absolute Gasteiger partial charge is 0.477 e. The van der Waals surface area contributed by atoms with Crippen molar-refractivity contribution in [3.05, 3.63) is 15.8 Å². The first-order valence-corrected chi connectivity index (χ1v) is 14.1. The lowest BCUT2D eigenvalue weighted by molar-refractivity contribution is -0.00157. The summed E-state index contributed by atoms with van der Waals surface area (Å²) in [6.45, 7) is 12.4. The van der Waals surface area contributed by atoms with Crippen LogP contribution in [0.5, 0.6) is 0 Å². The number of carbonyl (C=O) groups is 3. The second kappa shape index (κ2) is 12.3. The third-order valence-corrected chi connectivity index (χ3v) is 7.24. The lowest BCUT2D eigenvalue weighted by Gasteiger charge is -2.34. The van der Waals surface area contributed by atoms with Gasteiger partial charge < -0.3 is 30.1 Å². The molecule has 0 radical (unpaired) electrons. The Kier molecular flexibility index (Phi) is 9.58. The van der Waals surface area contributed by atoms with E-state index in [9.17, 15) is 19.5 Å². The van der Waals surface area contributed by atoms with Gasteiger partial charge in [0.2, 0.25) is 0 Å². The van der Waals surface area contributed by atoms with Crippen LogP contribution in [-0.2, 0) is 9.47 Å². The van der Waals surface area contributed by atoms with E-state index in [0.717, 1.165) is 37.0 Å². The molecule has 9 nitrogen and oxygen atoms in total. The molecule has 1 aliphatic heterocycles. The molecular weight excluding hydrogens is 506 g/mol. The van der Waals surface area contributed by atoms with Crippen molar-refractivity contribution in [1.82, 2.24) is 10.2 Å². The molecule has 38 heavy (non-hydrogen) atoms. The van der Waals surface area contributed by atoms with Crippen molar-refractivity contribution in [3.63, 3.8) is 0 Å². The van der Waals surface area contributed by atoms with E-state index in [1.54, 1.807) is 4.90 Å². The quantitative estimate of drug-likeness (QED) is 0.405. The van der Waals surface area contributed by atoms with E-state index in [1.165, 1.54) is 11.3 Å². The van der Waals surface area contributed by atoms with Crippen LogP contribution in [0.1, 0.15) is 94.6 Å². The zero-order valence-corrected chi connectivity index (χ0v) is 24.1. The zero-order valence-electron chi connectivity index (χ0n) is 23.3. The smallest absolute Gasteiger partial charge is 0.410 e. The highest BCUT2D eigenvalue weighted by Crippen LogP contribution is 2.31. The number of alkyl carbamates (subject to hydrolysis) is 1. The Balaban J connectivity index is 1.46.